The topological polar surface area (TPSA) is 33.1 Å². The van der Waals surface area contributed by atoms with Crippen molar-refractivity contribution in [1.82, 2.24) is 15.1 Å². The predicted molar refractivity (Wildman–Crippen MR) is 89.2 cm³/mol. The standard InChI is InChI=1S/C17H26N4/c1-6-11-18-12-16-14(3)19-21(5)17(16)20(4)15-9-7-13(2)8-10-15/h7-10,18H,6,11-12H2,1-5H3. The summed E-state index contributed by atoms with van der Waals surface area (Å²) in [6.07, 6.45) is 1.14. The van der Waals surface area contributed by atoms with Crippen LogP contribution >= 0.6 is 0 Å². The van der Waals surface area contributed by atoms with Crippen molar-refractivity contribution in [2.75, 3.05) is 18.5 Å². The summed E-state index contributed by atoms with van der Waals surface area (Å²) in [6.45, 7) is 8.26. The Labute approximate surface area is 127 Å². The first-order valence-corrected chi connectivity index (χ1v) is 7.58. The number of aromatic nitrogens is 2. The minimum atomic E-state index is 0.860. The number of nitrogens with zero attached hydrogens (tertiary/aromatic N) is 3. The SMILES string of the molecule is CCCNCc1c(C)nn(C)c1N(C)c1ccc(C)cc1. The zero-order valence-electron chi connectivity index (χ0n) is 13.8. The van der Waals surface area contributed by atoms with Crippen molar-refractivity contribution in [3.05, 3.63) is 41.1 Å². The Kier molecular flexibility index (Phi) is 5.02. The molecule has 0 bridgehead atoms. The summed E-state index contributed by atoms with van der Waals surface area (Å²) >= 11 is 0. The summed E-state index contributed by atoms with van der Waals surface area (Å²) in [4.78, 5) is 2.21. The summed E-state index contributed by atoms with van der Waals surface area (Å²) in [5.41, 5.74) is 4.82. The second-order valence-corrected chi connectivity index (χ2v) is 5.58. The predicted octanol–water partition coefficient (Wildman–Crippen LogP) is 3.30. The number of rotatable bonds is 6. The maximum absolute atomic E-state index is 4.59. The van der Waals surface area contributed by atoms with Gasteiger partial charge in [-0.3, -0.25) is 4.68 Å². The van der Waals surface area contributed by atoms with Gasteiger partial charge in [-0.25, -0.2) is 0 Å². The van der Waals surface area contributed by atoms with E-state index >= 15 is 0 Å². The van der Waals surface area contributed by atoms with Crippen LogP contribution in [-0.4, -0.2) is 23.4 Å². The van der Waals surface area contributed by atoms with Gasteiger partial charge in [-0.05, 0) is 38.9 Å². The molecule has 0 saturated carbocycles. The van der Waals surface area contributed by atoms with Crippen molar-refractivity contribution < 1.29 is 0 Å². The van der Waals surface area contributed by atoms with E-state index in [1.807, 2.05) is 11.7 Å². The molecule has 1 heterocycles. The third-order valence-electron chi connectivity index (χ3n) is 3.78. The van der Waals surface area contributed by atoms with Gasteiger partial charge in [0.1, 0.15) is 5.82 Å². The molecule has 2 aromatic rings. The molecule has 0 radical (unpaired) electrons. The normalized spacial score (nSPS) is 10.9. The third kappa shape index (κ3) is 3.45. The monoisotopic (exact) mass is 286 g/mol. The van der Waals surface area contributed by atoms with Gasteiger partial charge in [0.2, 0.25) is 0 Å². The lowest BCUT2D eigenvalue weighted by molar-refractivity contribution is 0.672. The van der Waals surface area contributed by atoms with E-state index in [4.69, 9.17) is 0 Å². The summed E-state index contributed by atoms with van der Waals surface area (Å²) in [6, 6.07) is 8.59. The van der Waals surface area contributed by atoms with Crippen molar-refractivity contribution in [2.45, 2.75) is 33.7 Å². The largest absolute Gasteiger partial charge is 0.329 e. The number of anilines is 2. The fourth-order valence-electron chi connectivity index (χ4n) is 2.60. The molecule has 0 fully saturated rings. The van der Waals surface area contributed by atoms with Gasteiger partial charge in [0, 0.05) is 31.9 Å². The molecule has 0 spiro atoms. The molecule has 2 rings (SSSR count). The molecule has 114 valence electrons. The molecule has 0 unspecified atom stereocenters. The lowest BCUT2D eigenvalue weighted by Crippen LogP contribution is -2.19. The Morgan fingerprint density at radius 3 is 2.48 bits per heavy atom. The second kappa shape index (κ2) is 6.76. The summed E-state index contributed by atoms with van der Waals surface area (Å²) in [7, 11) is 4.11. The van der Waals surface area contributed by atoms with E-state index in [9.17, 15) is 0 Å². The van der Waals surface area contributed by atoms with Crippen LogP contribution in [0.1, 0.15) is 30.2 Å². The third-order valence-corrected chi connectivity index (χ3v) is 3.78. The first-order valence-electron chi connectivity index (χ1n) is 7.58. The van der Waals surface area contributed by atoms with Crippen LogP contribution in [0.4, 0.5) is 11.5 Å². The highest BCUT2D eigenvalue weighted by Gasteiger charge is 2.17. The van der Waals surface area contributed by atoms with E-state index < -0.39 is 0 Å². The zero-order valence-corrected chi connectivity index (χ0v) is 13.8. The average Bonchev–Trinajstić information content (AvgIpc) is 2.74. The van der Waals surface area contributed by atoms with E-state index in [1.54, 1.807) is 0 Å². The molecule has 0 amide bonds. The Balaban J connectivity index is 2.31. The first-order chi connectivity index (χ1) is 10.0. The van der Waals surface area contributed by atoms with Crippen molar-refractivity contribution in [3.63, 3.8) is 0 Å². The molecule has 0 aliphatic rings. The van der Waals surface area contributed by atoms with Crippen molar-refractivity contribution in [1.29, 1.82) is 0 Å². The van der Waals surface area contributed by atoms with Crippen LogP contribution in [-0.2, 0) is 13.6 Å². The molecule has 4 heteroatoms. The molecule has 0 atom stereocenters. The minimum absolute atomic E-state index is 0.860. The maximum Gasteiger partial charge on any atom is 0.135 e. The Bertz CT molecular complexity index is 584. The second-order valence-electron chi connectivity index (χ2n) is 5.58. The minimum Gasteiger partial charge on any atom is -0.329 e. The molecule has 1 N–H and O–H groups in total. The molecular formula is C17H26N4. The van der Waals surface area contributed by atoms with Crippen LogP contribution in [0.15, 0.2) is 24.3 Å². The molecule has 21 heavy (non-hydrogen) atoms. The smallest absolute Gasteiger partial charge is 0.135 e. The lowest BCUT2D eigenvalue weighted by atomic mass is 10.2. The quantitative estimate of drug-likeness (QED) is 0.827. The number of benzene rings is 1. The Morgan fingerprint density at radius 2 is 1.86 bits per heavy atom. The average molecular weight is 286 g/mol. The molecule has 0 aliphatic carbocycles. The van der Waals surface area contributed by atoms with Crippen LogP contribution < -0.4 is 10.2 Å². The van der Waals surface area contributed by atoms with Gasteiger partial charge < -0.3 is 10.2 Å². The van der Waals surface area contributed by atoms with Gasteiger partial charge in [0.05, 0.1) is 5.69 Å². The van der Waals surface area contributed by atoms with Crippen molar-refractivity contribution in [3.8, 4) is 0 Å². The molecule has 1 aromatic heterocycles. The highest BCUT2D eigenvalue weighted by molar-refractivity contribution is 5.63. The summed E-state index contributed by atoms with van der Waals surface area (Å²) in [5.74, 6) is 1.15. The fraction of sp³-hybridized carbons (Fsp3) is 0.471. The van der Waals surface area contributed by atoms with Crippen LogP contribution in [0.25, 0.3) is 0 Å². The van der Waals surface area contributed by atoms with E-state index in [0.717, 1.165) is 31.0 Å². The van der Waals surface area contributed by atoms with E-state index in [-0.39, 0.29) is 0 Å². The zero-order chi connectivity index (χ0) is 15.4. The molecule has 0 saturated heterocycles. The van der Waals surface area contributed by atoms with E-state index in [2.05, 4.69) is 67.4 Å². The molecule has 1 aromatic carbocycles. The van der Waals surface area contributed by atoms with Gasteiger partial charge >= 0.3 is 0 Å². The van der Waals surface area contributed by atoms with Gasteiger partial charge in [0.15, 0.2) is 0 Å². The van der Waals surface area contributed by atoms with Gasteiger partial charge in [0.25, 0.3) is 0 Å². The van der Waals surface area contributed by atoms with Crippen LogP contribution in [0.3, 0.4) is 0 Å². The number of hydrogen-bond acceptors (Lipinski definition) is 3. The fourth-order valence-corrected chi connectivity index (χ4v) is 2.60. The van der Waals surface area contributed by atoms with E-state index in [0.29, 0.717) is 0 Å². The van der Waals surface area contributed by atoms with Crippen LogP contribution in [0, 0.1) is 13.8 Å². The Hall–Kier alpha value is -1.81. The highest BCUT2D eigenvalue weighted by Crippen LogP contribution is 2.28. The molecule has 0 aliphatic heterocycles. The van der Waals surface area contributed by atoms with Crippen molar-refractivity contribution >= 4 is 11.5 Å². The number of nitrogens with one attached hydrogen (secondary N) is 1. The van der Waals surface area contributed by atoms with E-state index in [1.165, 1.54) is 16.8 Å². The van der Waals surface area contributed by atoms with Gasteiger partial charge in [-0.1, -0.05) is 24.6 Å². The summed E-state index contributed by atoms with van der Waals surface area (Å²) in [5, 5.41) is 8.07. The maximum atomic E-state index is 4.59. The lowest BCUT2D eigenvalue weighted by Gasteiger charge is -2.21. The van der Waals surface area contributed by atoms with Gasteiger partial charge in [-0.2, -0.15) is 5.10 Å². The van der Waals surface area contributed by atoms with Crippen molar-refractivity contribution in [2.24, 2.45) is 7.05 Å². The van der Waals surface area contributed by atoms with Crippen LogP contribution in [0.5, 0.6) is 0 Å². The molecule has 4 nitrogen and oxygen atoms in total. The Morgan fingerprint density at radius 1 is 1.19 bits per heavy atom. The summed E-state index contributed by atoms with van der Waals surface area (Å²) < 4.78 is 1.97. The number of aryl methyl sites for hydroxylation is 3. The first kappa shape index (κ1) is 15.6. The number of hydrogen-bond donors (Lipinski definition) is 1. The van der Waals surface area contributed by atoms with Crippen LogP contribution in [0.2, 0.25) is 0 Å². The van der Waals surface area contributed by atoms with Gasteiger partial charge in [-0.15, -0.1) is 0 Å². The highest BCUT2D eigenvalue weighted by atomic mass is 15.4. The molecular weight excluding hydrogens is 260 g/mol.